The molecular weight excluding hydrogens is 318 g/mol. The van der Waals surface area contributed by atoms with Crippen LogP contribution in [0.1, 0.15) is 34.1 Å². The second-order valence-corrected chi connectivity index (χ2v) is 5.91. The van der Waals surface area contributed by atoms with Crippen LogP contribution in [0, 0.1) is 18.6 Å². The number of halogens is 2. The first-order chi connectivity index (χ1) is 11.4. The van der Waals surface area contributed by atoms with E-state index in [4.69, 9.17) is 0 Å². The number of aromatic amines is 1. The van der Waals surface area contributed by atoms with Gasteiger partial charge in [0.05, 0.1) is 12.1 Å². The number of carbonyl (C=O) groups excluding carboxylic acids is 1. The van der Waals surface area contributed by atoms with Gasteiger partial charge in [-0.15, -0.1) is 0 Å². The summed E-state index contributed by atoms with van der Waals surface area (Å²) in [5.74, 6) is -1.92. The number of hydrogen-bond donors (Lipinski definition) is 2. The van der Waals surface area contributed by atoms with Crippen molar-refractivity contribution in [2.24, 2.45) is 0 Å². The van der Waals surface area contributed by atoms with Crippen LogP contribution < -0.4 is 5.56 Å². The molecule has 5 nitrogen and oxygen atoms in total. The molecule has 2 N–H and O–H groups in total. The van der Waals surface area contributed by atoms with E-state index < -0.39 is 35.2 Å². The van der Waals surface area contributed by atoms with Crippen molar-refractivity contribution in [3.05, 3.63) is 69.1 Å². The fourth-order valence-corrected chi connectivity index (χ4v) is 3.00. The Morgan fingerprint density at radius 1 is 1.29 bits per heavy atom. The number of hydrogen-bond acceptors (Lipinski definition) is 3. The minimum absolute atomic E-state index is 0.0107. The number of aliphatic hydroxyl groups excluding tert-OH is 1. The van der Waals surface area contributed by atoms with Crippen molar-refractivity contribution in [1.29, 1.82) is 0 Å². The molecule has 1 aromatic carbocycles. The van der Waals surface area contributed by atoms with Crippen LogP contribution >= 0.6 is 0 Å². The Balaban J connectivity index is 2.00. The molecule has 1 saturated heterocycles. The molecule has 0 radical (unpaired) electrons. The fourth-order valence-electron chi connectivity index (χ4n) is 3.00. The van der Waals surface area contributed by atoms with Gasteiger partial charge in [0.2, 0.25) is 0 Å². The molecular formula is C17H16F2N2O3. The zero-order chi connectivity index (χ0) is 17.4. The third kappa shape index (κ3) is 2.94. The van der Waals surface area contributed by atoms with E-state index in [9.17, 15) is 23.5 Å². The maximum absolute atomic E-state index is 14.1. The molecule has 3 rings (SSSR count). The summed E-state index contributed by atoms with van der Waals surface area (Å²) in [4.78, 5) is 28.4. The lowest BCUT2D eigenvalue weighted by Crippen LogP contribution is -2.35. The number of H-pyrrole nitrogens is 1. The van der Waals surface area contributed by atoms with Gasteiger partial charge in [-0.25, -0.2) is 8.78 Å². The Bertz CT molecular complexity index is 850. The summed E-state index contributed by atoms with van der Waals surface area (Å²) in [6, 6.07) is 5.12. The van der Waals surface area contributed by atoms with Crippen molar-refractivity contribution in [2.45, 2.75) is 25.5 Å². The van der Waals surface area contributed by atoms with Crippen molar-refractivity contribution in [2.75, 3.05) is 6.54 Å². The molecule has 0 aliphatic carbocycles. The minimum atomic E-state index is -0.869. The van der Waals surface area contributed by atoms with Gasteiger partial charge >= 0.3 is 0 Å². The highest BCUT2D eigenvalue weighted by atomic mass is 19.1. The lowest BCUT2D eigenvalue weighted by Gasteiger charge is -2.25. The van der Waals surface area contributed by atoms with Crippen LogP contribution in [0.25, 0.3) is 0 Å². The molecule has 126 valence electrons. The number of pyridine rings is 1. The molecule has 1 aliphatic heterocycles. The smallest absolute Gasteiger partial charge is 0.260 e. The van der Waals surface area contributed by atoms with Gasteiger partial charge in [0.1, 0.15) is 17.2 Å². The van der Waals surface area contributed by atoms with Crippen molar-refractivity contribution in [1.82, 2.24) is 9.88 Å². The number of nitrogens with zero attached hydrogens (tertiary/aromatic N) is 1. The molecule has 2 heterocycles. The summed E-state index contributed by atoms with van der Waals surface area (Å²) in [6.45, 7) is 1.63. The average Bonchev–Trinajstić information content (AvgIpc) is 2.91. The fraction of sp³-hybridized carbons (Fsp3) is 0.294. The normalized spacial score (nSPS) is 20.4. The first-order valence-electron chi connectivity index (χ1n) is 7.50. The van der Waals surface area contributed by atoms with E-state index in [1.54, 1.807) is 13.0 Å². The molecule has 1 aromatic heterocycles. The number of nitrogens with one attached hydrogen (secondary N) is 1. The third-order valence-corrected chi connectivity index (χ3v) is 4.14. The lowest BCUT2D eigenvalue weighted by atomic mass is 10.0. The zero-order valence-corrected chi connectivity index (χ0v) is 12.9. The first-order valence-corrected chi connectivity index (χ1v) is 7.50. The first kappa shape index (κ1) is 16.3. The molecule has 1 amide bonds. The standard InChI is InChI=1S/C17H16F2N2O3/c1-9-2-4-12(16(23)20-9)17(24)21-8-11(22)7-15(21)13-6-10(18)3-5-14(13)19/h2-6,11,15,22H,7-8H2,1H3,(H,20,23)/t11-,15-/m1/s1. The summed E-state index contributed by atoms with van der Waals surface area (Å²) in [5.41, 5.74) is -0.0643. The Morgan fingerprint density at radius 2 is 2.04 bits per heavy atom. The Hall–Kier alpha value is -2.54. The van der Waals surface area contributed by atoms with Crippen molar-refractivity contribution >= 4 is 5.91 Å². The number of carbonyl (C=O) groups is 1. The predicted molar refractivity (Wildman–Crippen MR) is 82.6 cm³/mol. The van der Waals surface area contributed by atoms with E-state index in [0.717, 1.165) is 18.2 Å². The number of likely N-dealkylation sites (tertiary alicyclic amines) is 1. The van der Waals surface area contributed by atoms with Crippen LogP contribution in [-0.2, 0) is 0 Å². The van der Waals surface area contributed by atoms with Gasteiger partial charge < -0.3 is 15.0 Å². The van der Waals surface area contributed by atoms with E-state index in [1.165, 1.54) is 11.0 Å². The topological polar surface area (TPSA) is 73.4 Å². The van der Waals surface area contributed by atoms with Crippen LogP contribution in [-0.4, -0.2) is 33.5 Å². The molecule has 2 atom stereocenters. The van der Waals surface area contributed by atoms with E-state index in [-0.39, 0.29) is 24.1 Å². The zero-order valence-electron chi connectivity index (χ0n) is 12.9. The highest BCUT2D eigenvalue weighted by molar-refractivity contribution is 5.94. The summed E-state index contributed by atoms with van der Waals surface area (Å²) < 4.78 is 27.5. The highest BCUT2D eigenvalue weighted by Gasteiger charge is 2.37. The number of β-amino-alcohol motifs (C(OH)–C–C–N with tert-alkyl or cyclic N) is 1. The summed E-state index contributed by atoms with van der Waals surface area (Å²) >= 11 is 0. The number of amides is 1. The van der Waals surface area contributed by atoms with Crippen LogP contribution in [0.15, 0.2) is 35.1 Å². The molecule has 1 aliphatic rings. The van der Waals surface area contributed by atoms with Gasteiger partial charge in [0.25, 0.3) is 11.5 Å². The van der Waals surface area contributed by atoms with Crippen LogP contribution in [0.3, 0.4) is 0 Å². The number of aromatic nitrogens is 1. The van der Waals surface area contributed by atoms with Gasteiger partial charge in [-0.2, -0.15) is 0 Å². The van der Waals surface area contributed by atoms with Crippen LogP contribution in [0.4, 0.5) is 8.78 Å². The van der Waals surface area contributed by atoms with Gasteiger partial charge in [0, 0.05) is 17.8 Å². The molecule has 0 spiro atoms. The molecule has 1 fully saturated rings. The quantitative estimate of drug-likeness (QED) is 0.881. The summed E-state index contributed by atoms with van der Waals surface area (Å²) in [7, 11) is 0. The van der Waals surface area contributed by atoms with E-state index >= 15 is 0 Å². The number of aryl methyl sites for hydroxylation is 1. The minimum Gasteiger partial charge on any atom is -0.391 e. The molecule has 2 aromatic rings. The Morgan fingerprint density at radius 3 is 2.75 bits per heavy atom. The monoisotopic (exact) mass is 334 g/mol. The van der Waals surface area contributed by atoms with Crippen molar-refractivity contribution < 1.29 is 18.7 Å². The highest BCUT2D eigenvalue weighted by Crippen LogP contribution is 2.34. The molecule has 0 bridgehead atoms. The van der Waals surface area contributed by atoms with Crippen LogP contribution in [0.5, 0.6) is 0 Å². The molecule has 0 saturated carbocycles. The number of benzene rings is 1. The second-order valence-electron chi connectivity index (χ2n) is 5.91. The van der Waals surface area contributed by atoms with Crippen molar-refractivity contribution in [3.8, 4) is 0 Å². The lowest BCUT2D eigenvalue weighted by molar-refractivity contribution is 0.0712. The summed E-state index contributed by atoms with van der Waals surface area (Å²) in [5, 5.41) is 9.90. The average molecular weight is 334 g/mol. The van der Waals surface area contributed by atoms with Gasteiger partial charge in [-0.1, -0.05) is 0 Å². The number of aliphatic hydroxyl groups is 1. The van der Waals surface area contributed by atoms with E-state index in [0.29, 0.717) is 5.69 Å². The number of rotatable bonds is 2. The van der Waals surface area contributed by atoms with Crippen molar-refractivity contribution in [3.63, 3.8) is 0 Å². The van der Waals surface area contributed by atoms with Gasteiger partial charge in [-0.3, -0.25) is 9.59 Å². The van der Waals surface area contributed by atoms with Crippen LogP contribution in [0.2, 0.25) is 0 Å². The Labute approximate surface area is 136 Å². The summed E-state index contributed by atoms with van der Waals surface area (Å²) in [6.07, 6.45) is -0.790. The van der Waals surface area contributed by atoms with Gasteiger partial charge in [-0.05, 0) is 43.7 Å². The predicted octanol–water partition coefficient (Wildman–Crippen LogP) is 1.91. The maximum atomic E-state index is 14.1. The maximum Gasteiger partial charge on any atom is 0.260 e. The second kappa shape index (κ2) is 6.16. The molecule has 24 heavy (non-hydrogen) atoms. The van der Waals surface area contributed by atoms with E-state index in [2.05, 4.69) is 4.98 Å². The van der Waals surface area contributed by atoms with E-state index in [1.807, 2.05) is 0 Å². The SMILES string of the molecule is Cc1ccc(C(=O)N2C[C@H](O)C[C@@H]2c2cc(F)ccc2F)c(=O)[nH]1. The largest absolute Gasteiger partial charge is 0.391 e. The Kier molecular flexibility index (Phi) is 4.19. The molecule has 7 heteroatoms. The molecule has 0 unspecified atom stereocenters. The third-order valence-electron chi connectivity index (χ3n) is 4.14. The van der Waals surface area contributed by atoms with Gasteiger partial charge in [0.15, 0.2) is 0 Å².